The average molecular weight is 296 g/mol. The summed E-state index contributed by atoms with van der Waals surface area (Å²) in [7, 11) is -3.31. The summed E-state index contributed by atoms with van der Waals surface area (Å²) in [5.41, 5.74) is 1.05. The van der Waals surface area contributed by atoms with Gasteiger partial charge in [0, 0.05) is 24.4 Å². The van der Waals surface area contributed by atoms with E-state index in [1.165, 1.54) is 6.07 Å². The molecule has 0 bridgehead atoms. The van der Waals surface area contributed by atoms with Crippen LogP contribution in [-0.2, 0) is 9.84 Å². The average Bonchev–Trinajstić information content (AvgIpc) is 2.39. The maximum atomic E-state index is 12.2. The normalized spacial score (nSPS) is 19.6. The molecule has 110 valence electrons. The van der Waals surface area contributed by atoms with Gasteiger partial charge in [0.2, 0.25) is 0 Å². The van der Waals surface area contributed by atoms with Gasteiger partial charge in [0.1, 0.15) is 0 Å². The van der Waals surface area contributed by atoms with E-state index in [4.69, 9.17) is 0 Å². The van der Waals surface area contributed by atoms with Gasteiger partial charge in [0.25, 0.3) is 5.91 Å². The molecule has 0 radical (unpaired) electrons. The Morgan fingerprint density at radius 2 is 2.15 bits per heavy atom. The van der Waals surface area contributed by atoms with E-state index < -0.39 is 9.84 Å². The molecule has 0 aromatic heterocycles. The summed E-state index contributed by atoms with van der Waals surface area (Å²) in [5, 5.41) is 6.16. The molecule has 6 heteroatoms. The van der Waals surface area contributed by atoms with Gasteiger partial charge in [0.15, 0.2) is 9.84 Å². The minimum atomic E-state index is -3.31. The fourth-order valence-corrected chi connectivity index (χ4v) is 3.38. The second kappa shape index (κ2) is 5.93. The summed E-state index contributed by atoms with van der Waals surface area (Å²) in [6.07, 6.45) is 3.14. The number of benzene rings is 1. The second-order valence-corrected chi connectivity index (χ2v) is 7.25. The lowest BCUT2D eigenvalue weighted by Crippen LogP contribution is -2.45. The first kappa shape index (κ1) is 15.0. The number of nitrogens with one attached hydrogen (secondary N) is 2. The monoisotopic (exact) mass is 296 g/mol. The van der Waals surface area contributed by atoms with Crippen LogP contribution < -0.4 is 10.6 Å². The van der Waals surface area contributed by atoms with Crippen molar-refractivity contribution in [2.75, 3.05) is 19.3 Å². The molecule has 2 N–H and O–H groups in total. The van der Waals surface area contributed by atoms with Gasteiger partial charge in [-0.2, -0.15) is 0 Å². The predicted molar refractivity (Wildman–Crippen MR) is 77.6 cm³/mol. The molecule has 1 aliphatic heterocycles. The van der Waals surface area contributed by atoms with E-state index in [1.807, 2.05) is 0 Å². The molecule has 1 aliphatic rings. The molecule has 1 fully saturated rings. The fourth-order valence-electron chi connectivity index (χ4n) is 2.38. The molecule has 1 saturated heterocycles. The van der Waals surface area contributed by atoms with E-state index in [2.05, 4.69) is 10.6 Å². The van der Waals surface area contributed by atoms with Crippen LogP contribution >= 0.6 is 0 Å². The van der Waals surface area contributed by atoms with Gasteiger partial charge in [-0.25, -0.2) is 8.42 Å². The Kier molecular flexibility index (Phi) is 4.45. The molecule has 1 aromatic rings. The molecule has 0 unspecified atom stereocenters. The summed E-state index contributed by atoms with van der Waals surface area (Å²) in [5.74, 6) is -0.219. The van der Waals surface area contributed by atoms with Crippen molar-refractivity contribution in [3.8, 4) is 0 Å². The molecular weight excluding hydrogens is 276 g/mol. The summed E-state index contributed by atoms with van der Waals surface area (Å²) in [6.45, 7) is 3.47. The molecule has 0 aliphatic carbocycles. The van der Waals surface area contributed by atoms with Crippen LogP contribution in [-0.4, -0.2) is 39.7 Å². The van der Waals surface area contributed by atoms with Crippen LogP contribution in [0.5, 0.6) is 0 Å². The zero-order valence-electron chi connectivity index (χ0n) is 11.8. The quantitative estimate of drug-likeness (QED) is 0.868. The molecule has 0 spiro atoms. The van der Waals surface area contributed by atoms with E-state index in [0.29, 0.717) is 11.1 Å². The van der Waals surface area contributed by atoms with Gasteiger partial charge in [-0.05, 0) is 44.0 Å². The Bertz CT molecular complexity index is 605. The standard InChI is InChI=1S/C14H20N2O3S/c1-10-5-6-11(8-13(10)20(2,18)19)14(17)16-12-4-3-7-15-9-12/h5-6,8,12,15H,3-4,7,9H2,1-2H3,(H,16,17)/t12-/m0/s1. The van der Waals surface area contributed by atoms with Crippen molar-refractivity contribution < 1.29 is 13.2 Å². The van der Waals surface area contributed by atoms with E-state index in [9.17, 15) is 13.2 Å². The molecule has 1 amide bonds. The topological polar surface area (TPSA) is 75.3 Å². The second-order valence-electron chi connectivity index (χ2n) is 5.27. The molecule has 2 rings (SSSR count). The van der Waals surface area contributed by atoms with E-state index in [1.54, 1.807) is 19.1 Å². The highest BCUT2D eigenvalue weighted by molar-refractivity contribution is 7.90. The SMILES string of the molecule is Cc1ccc(C(=O)N[C@H]2CCCNC2)cc1S(C)(=O)=O. The minimum Gasteiger partial charge on any atom is -0.348 e. The number of sulfone groups is 1. The molecule has 1 atom stereocenters. The molecule has 1 aromatic carbocycles. The third-order valence-electron chi connectivity index (χ3n) is 3.48. The van der Waals surface area contributed by atoms with Gasteiger partial charge in [-0.1, -0.05) is 6.07 Å². The first-order valence-electron chi connectivity index (χ1n) is 6.70. The summed E-state index contributed by atoms with van der Waals surface area (Å²) < 4.78 is 23.4. The van der Waals surface area contributed by atoms with Crippen LogP contribution in [0.1, 0.15) is 28.8 Å². The first-order valence-corrected chi connectivity index (χ1v) is 8.59. The van der Waals surface area contributed by atoms with Crippen molar-refractivity contribution in [2.45, 2.75) is 30.7 Å². The number of carbonyl (C=O) groups excluding carboxylic acids is 1. The zero-order chi connectivity index (χ0) is 14.8. The summed E-state index contributed by atoms with van der Waals surface area (Å²) in [6, 6.07) is 4.90. The lowest BCUT2D eigenvalue weighted by Gasteiger charge is -2.23. The van der Waals surface area contributed by atoms with E-state index in [-0.39, 0.29) is 16.8 Å². The number of amides is 1. The molecule has 20 heavy (non-hydrogen) atoms. The van der Waals surface area contributed by atoms with E-state index in [0.717, 1.165) is 32.2 Å². The number of hydrogen-bond acceptors (Lipinski definition) is 4. The summed E-state index contributed by atoms with van der Waals surface area (Å²) >= 11 is 0. The third-order valence-corrected chi connectivity index (χ3v) is 4.72. The Labute approximate surface area is 119 Å². The van der Waals surface area contributed by atoms with Crippen LogP contribution in [0.2, 0.25) is 0 Å². The number of carbonyl (C=O) groups is 1. The van der Waals surface area contributed by atoms with Crippen LogP contribution in [0.3, 0.4) is 0 Å². The van der Waals surface area contributed by atoms with Crippen LogP contribution in [0.15, 0.2) is 23.1 Å². The smallest absolute Gasteiger partial charge is 0.251 e. The van der Waals surface area contributed by atoms with E-state index >= 15 is 0 Å². The lowest BCUT2D eigenvalue weighted by atomic mass is 10.1. The molecular formula is C14H20N2O3S. The molecule has 0 saturated carbocycles. The number of rotatable bonds is 3. The maximum Gasteiger partial charge on any atom is 0.251 e. The first-order chi connectivity index (χ1) is 9.38. The van der Waals surface area contributed by atoms with Crippen molar-refractivity contribution in [3.63, 3.8) is 0 Å². The Morgan fingerprint density at radius 3 is 2.75 bits per heavy atom. The maximum absolute atomic E-state index is 12.2. The van der Waals surface area contributed by atoms with Crippen molar-refractivity contribution in [1.29, 1.82) is 0 Å². The van der Waals surface area contributed by atoms with Gasteiger partial charge in [-0.3, -0.25) is 4.79 Å². The van der Waals surface area contributed by atoms with Gasteiger partial charge < -0.3 is 10.6 Å². The lowest BCUT2D eigenvalue weighted by molar-refractivity contribution is 0.0930. The Morgan fingerprint density at radius 1 is 1.40 bits per heavy atom. The van der Waals surface area contributed by atoms with Gasteiger partial charge >= 0.3 is 0 Å². The van der Waals surface area contributed by atoms with Crippen molar-refractivity contribution >= 4 is 15.7 Å². The highest BCUT2D eigenvalue weighted by Gasteiger charge is 2.18. The zero-order valence-corrected chi connectivity index (χ0v) is 12.6. The van der Waals surface area contributed by atoms with Crippen LogP contribution in [0.25, 0.3) is 0 Å². The number of piperidine rings is 1. The molecule has 5 nitrogen and oxygen atoms in total. The minimum absolute atomic E-state index is 0.110. The highest BCUT2D eigenvalue weighted by atomic mass is 32.2. The van der Waals surface area contributed by atoms with Gasteiger partial charge in [-0.15, -0.1) is 0 Å². The van der Waals surface area contributed by atoms with Gasteiger partial charge in [0.05, 0.1) is 4.90 Å². The largest absolute Gasteiger partial charge is 0.348 e. The number of hydrogen-bond donors (Lipinski definition) is 2. The molecule has 1 heterocycles. The van der Waals surface area contributed by atoms with Crippen LogP contribution in [0, 0.1) is 6.92 Å². The van der Waals surface area contributed by atoms with Crippen molar-refractivity contribution in [2.24, 2.45) is 0 Å². The summed E-state index contributed by atoms with van der Waals surface area (Å²) in [4.78, 5) is 12.4. The third kappa shape index (κ3) is 3.58. The Balaban J connectivity index is 2.18. The highest BCUT2D eigenvalue weighted by Crippen LogP contribution is 2.17. The van der Waals surface area contributed by atoms with Crippen molar-refractivity contribution in [1.82, 2.24) is 10.6 Å². The Hall–Kier alpha value is -1.40. The number of aryl methyl sites for hydroxylation is 1. The van der Waals surface area contributed by atoms with Crippen molar-refractivity contribution in [3.05, 3.63) is 29.3 Å². The van der Waals surface area contributed by atoms with Crippen LogP contribution in [0.4, 0.5) is 0 Å². The fraction of sp³-hybridized carbons (Fsp3) is 0.500. The predicted octanol–water partition coefficient (Wildman–Crippen LogP) is 0.880.